The first-order valence-corrected chi connectivity index (χ1v) is 18.5. The second-order valence-corrected chi connectivity index (χ2v) is 14.8. The van der Waals surface area contributed by atoms with Crippen LogP contribution >= 0.6 is 0 Å². The van der Waals surface area contributed by atoms with E-state index in [-0.39, 0.29) is 30.2 Å². The SMILES string of the molecule is CCC1=C(CC)C(CC)(CC)C(C2=CC=CC2)=C2[C]([Zr+2]=[C](c3ccccc3)c3ccccc3)=c3cc(CC)ccc3=C12.[Cl-].[Cl-]. The van der Waals surface area contributed by atoms with E-state index in [0.29, 0.717) is 0 Å². The van der Waals surface area contributed by atoms with Gasteiger partial charge in [0.2, 0.25) is 0 Å². The Balaban J connectivity index is 0.00000221. The third kappa shape index (κ3) is 5.75. The van der Waals surface area contributed by atoms with Gasteiger partial charge < -0.3 is 24.8 Å². The van der Waals surface area contributed by atoms with Crippen molar-refractivity contribution in [3.63, 3.8) is 0 Å². The van der Waals surface area contributed by atoms with E-state index in [1.165, 1.54) is 27.1 Å². The summed E-state index contributed by atoms with van der Waals surface area (Å²) in [7, 11) is 0. The molecule has 0 aromatic heterocycles. The summed E-state index contributed by atoms with van der Waals surface area (Å²) in [5, 5.41) is 3.02. The molecule has 0 N–H and O–H groups in total. The van der Waals surface area contributed by atoms with E-state index in [0.717, 1.165) is 38.5 Å². The minimum absolute atomic E-state index is 0. The first-order chi connectivity index (χ1) is 20.6. The van der Waals surface area contributed by atoms with Crippen molar-refractivity contribution in [1.29, 1.82) is 0 Å². The van der Waals surface area contributed by atoms with E-state index in [4.69, 9.17) is 0 Å². The van der Waals surface area contributed by atoms with Gasteiger partial charge in [0.1, 0.15) is 0 Å². The second kappa shape index (κ2) is 14.9. The maximum Gasteiger partial charge on any atom is -1.00 e. The summed E-state index contributed by atoms with van der Waals surface area (Å²) in [6, 6.07) is 29.9. The number of allylic oxidation sites excluding steroid dienone is 8. The van der Waals surface area contributed by atoms with Crippen LogP contribution in [-0.2, 0) is 29.2 Å². The van der Waals surface area contributed by atoms with Crippen molar-refractivity contribution >= 4 is 12.1 Å². The predicted octanol–water partition coefficient (Wildman–Crippen LogP) is 3.00. The molecule has 3 aromatic rings. The summed E-state index contributed by atoms with van der Waals surface area (Å²) < 4.78 is 3.27. The molecule has 0 saturated carbocycles. The molecule has 3 aliphatic carbocycles. The van der Waals surface area contributed by atoms with Gasteiger partial charge in [-0.1, -0.05) is 0 Å². The third-order valence-corrected chi connectivity index (χ3v) is 13.8. The maximum atomic E-state index is 2.56. The van der Waals surface area contributed by atoms with Crippen molar-refractivity contribution in [2.45, 2.75) is 73.1 Å². The number of halogens is 2. The van der Waals surface area contributed by atoms with E-state index in [1.807, 2.05) is 0 Å². The Kier molecular flexibility index (Phi) is 11.7. The first kappa shape index (κ1) is 34.6. The molecular formula is C41H43Cl2Zr. The van der Waals surface area contributed by atoms with Crippen LogP contribution in [0.5, 0.6) is 0 Å². The molecule has 0 atom stereocenters. The molecular weight excluding hydrogens is 655 g/mol. The van der Waals surface area contributed by atoms with Gasteiger partial charge in [0, 0.05) is 0 Å². The van der Waals surface area contributed by atoms with Gasteiger partial charge in [0.25, 0.3) is 0 Å². The molecule has 3 aliphatic rings. The average molecular weight is 698 g/mol. The molecule has 0 nitrogen and oxygen atoms in total. The van der Waals surface area contributed by atoms with Crippen molar-refractivity contribution in [3.05, 3.63) is 152 Å². The number of rotatable bonds is 9. The van der Waals surface area contributed by atoms with Crippen molar-refractivity contribution in [1.82, 2.24) is 0 Å². The molecule has 0 unspecified atom stereocenters. The molecule has 0 radical (unpaired) electrons. The monoisotopic (exact) mass is 695 g/mol. The fourth-order valence-electron chi connectivity index (χ4n) is 7.87. The molecule has 0 fully saturated rings. The summed E-state index contributed by atoms with van der Waals surface area (Å²) >= 11 is -1.29. The zero-order valence-electron chi connectivity index (χ0n) is 26.7. The summed E-state index contributed by atoms with van der Waals surface area (Å²) in [4.78, 5) is 0. The average Bonchev–Trinajstić information content (AvgIpc) is 3.69. The molecule has 3 heteroatoms. The van der Waals surface area contributed by atoms with Gasteiger partial charge in [-0.2, -0.15) is 0 Å². The van der Waals surface area contributed by atoms with Crippen molar-refractivity contribution in [2.75, 3.05) is 0 Å². The predicted molar refractivity (Wildman–Crippen MR) is 177 cm³/mol. The smallest absolute Gasteiger partial charge is 1.00 e. The minimum atomic E-state index is -1.29. The Morgan fingerprint density at radius 1 is 0.705 bits per heavy atom. The van der Waals surface area contributed by atoms with Gasteiger partial charge in [-0.05, 0) is 0 Å². The molecule has 0 spiro atoms. The fourth-order valence-corrected chi connectivity index (χ4v) is 11.8. The summed E-state index contributed by atoms with van der Waals surface area (Å²) in [5.74, 6) is 0. The Morgan fingerprint density at radius 3 is 1.84 bits per heavy atom. The Morgan fingerprint density at radius 2 is 1.34 bits per heavy atom. The number of benzene rings is 3. The van der Waals surface area contributed by atoms with Gasteiger partial charge in [0.15, 0.2) is 0 Å². The minimum Gasteiger partial charge on any atom is -1.00 e. The molecule has 0 bridgehead atoms. The van der Waals surface area contributed by atoms with Crippen LogP contribution in [0.2, 0.25) is 0 Å². The topological polar surface area (TPSA) is 0 Å². The Hall–Kier alpha value is -2.31. The molecule has 0 saturated heterocycles. The summed E-state index contributed by atoms with van der Waals surface area (Å²) in [6.45, 7) is 12.0. The van der Waals surface area contributed by atoms with Crippen LogP contribution in [0.1, 0.15) is 83.4 Å². The quantitative estimate of drug-likeness (QED) is 0.323. The standard InChI is InChI=1S/C28H33.C13H10.2ClH.Zr/c1-6-19-15-16-23-21(17-19)18-24-26(23)22(7-2)25(8-3)28(9-4,10-5)27(24)20-13-11-12-14-20;1-3-7-12(8-4-1)11-13-9-5-2-6-10-13;;;/h11-13,15-17H,6-10,14H2,1-5H3;1-10H;2*1H;/q;;;;+2/p-2. The van der Waals surface area contributed by atoms with Gasteiger partial charge in [-0.25, -0.2) is 0 Å². The van der Waals surface area contributed by atoms with Gasteiger partial charge in [-0.3, -0.25) is 0 Å². The number of hydrogen-bond donors (Lipinski definition) is 0. The third-order valence-electron chi connectivity index (χ3n) is 9.88. The van der Waals surface area contributed by atoms with Crippen LogP contribution in [0.3, 0.4) is 0 Å². The zero-order valence-corrected chi connectivity index (χ0v) is 30.7. The van der Waals surface area contributed by atoms with E-state index >= 15 is 0 Å². The Labute approximate surface area is 288 Å². The molecule has 6 rings (SSSR count). The number of fused-ring (bicyclic) bond motifs is 2. The van der Waals surface area contributed by atoms with E-state index in [1.54, 1.807) is 39.9 Å². The first-order valence-electron chi connectivity index (χ1n) is 16.1. The molecule has 0 heterocycles. The molecule has 44 heavy (non-hydrogen) atoms. The Bertz CT molecular complexity index is 1760. The summed E-state index contributed by atoms with van der Waals surface area (Å²) in [5.41, 5.74) is 14.1. The van der Waals surface area contributed by atoms with Gasteiger partial charge in [-0.15, -0.1) is 0 Å². The number of aryl methyl sites for hydroxylation is 1. The van der Waals surface area contributed by atoms with E-state index < -0.39 is 22.8 Å². The van der Waals surface area contributed by atoms with Crippen molar-refractivity contribution in [3.8, 4) is 0 Å². The zero-order chi connectivity index (χ0) is 29.3. The second-order valence-electron chi connectivity index (χ2n) is 11.7. The molecule has 225 valence electrons. The van der Waals surface area contributed by atoms with Crippen LogP contribution < -0.4 is 35.3 Å². The molecule has 0 amide bonds. The van der Waals surface area contributed by atoms with Crippen molar-refractivity contribution < 1.29 is 47.6 Å². The van der Waals surface area contributed by atoms with E-state index in [2.05, 4.69) is 132 Å². The number of hydrogen-bond acceptors (Lipinski definition) is 0. The maximum absolute atomic E-state index is 2.56. The summed E-state index contributed by atoms with van der Waals surface area (Å²) in [6.07, 6.45) is 13.7. The van der Waals surface area contributed by atoms with Crippen LogP contribution in [0.4, 0.5) is 0 Å². The largest absolute Gasteiger partial charge is 1.00 e. The molecule has 0 aliphatic heterocycles. The van der Waals surface area contributed by atoms with Crippen LogP contribution in [0.25, 0.3) is 8.85 Å². The van der Waals surface area contributed by atoms with Crippen LogP contribution in [0, 0.1) is 5.41 Å². The van der Waals surface area contributed by atoms with E-state index in [9.17, 15) is 0 Å². The normalized spacial score (nSPS) is 16.2. The van der Waals surface area contributed by atoms with Crippen LogP contribution in [0.15, 0.2) is 125 Å². The fraction of sp³-hybridized carbons (Fsp3) is 0.293. The van der Waals surface area contributed by atoms with Gasteiger partial charge in [0.05, 0.1) is 0 Å². The van der Waals surface area contributed by atoms with Crippen molar-refractivity contribution in [2.24, 2.45) is 5.41 Å². The van der Waals surface area contributed by atoms with Gasteiger partial charge >= 0.3 is 265 Å². The molecule has 3 aromatic carbocycles. The van der Waals surface area contributed by atoms with Crippen LogP contribution in [-0.4, -0.2) is 3.21 Å².